The molecule has 0 radical (unpaired) electrons. The quantitative estimate of drug-likeness (QED) is 0.350. The Kier molecular flexibility index (Phi) is 8.94. The van der Waals surface area contributed by atoms with Crippen LogP contribution >= 0.6 is 0 Å². The van der Waals surface area contributed by atoms with Gasteiger partial charge in [0.15, 0.2) is 0 Å². The fourth-order valence-corrected chi connectivity index (χ4v) is 3.62. The Hall–Kier alpha value is -3.97. The van der Waals surface area contributed by atoms with E-state index in [0.29, 0.717) is 6.42 Å². The van der Waals surface area contributed by atoms with Gasteiger partial charge in [-0.15, -0.1) is 0 Å². The second-order valence-electron chi connectivity index (χ2n) is 8.14. The second-order valence-corrected chi connectivity index (χ2v) is 8.14. The number of nitrogens with one attached hydrogen (secondary N) is 2. The third-order valence-electron chi connectivity index (χ3n) is 5.45. The van der Waals surface area contributed by atoms with Crippen LogP contribution in [0.2, 0.25) is 0 Å². The molecule has 5 N–H and O–H groups in total. The van der Waals surface area contributed by atoms with E-state index in [4.69, 9.17) is 5.73 Å². The van der Waals surface area contributed by atoms with Crippen molar-refractivity contribution < 1.29 is 19.5 Å². The monoisotopic (exact) mass is 459 g/mol. The van der Waals surface area contributed by atoms with Crippen molar-refractivity contribution >= 4 is 17.8 Å². The highest BCUT2D eigenvalue weighted by Crippen LogP contribution is 2.08. The van der Waals surface area contributed by atoms with E-state index in [9.17, 15) is 19.5 Å². The van der Waals surface area contributed by atoms with E-state index in [-0.39, 0.29) is 12.8 Å². The van der Waals surface area contributed by atoms with Gasteiger partial charge in [0, 0.05) is 12.8 Å². The zero-order valence-electron chi connectivity index (χ0n) is 18.8. The Morgan fingerprint density at radius 2 is 1.00 bits per heavy atom. The lowest BCUT2D eigenvalue weighted by Gasteiger charge is -2.23. The molecular formula is C27H29N3O4. The molecule has 0 aromatic heterocycles. The highest BCUT2D eigenvalue weighted by Gasteiger charge is 2.28. The van der Waals surface area contributed by atoms with Crippen molar-refractivity contribution in [3.63, 3.8) is 0 Å². The highest BCUT2D eigenvalue weighted by molar-refractivity contribution is 5.92. The number of carbonyl (C=O) groups excluding carboxylic acids is 2. The topological polar surface area (TPSA) is 122 Å². The molecule has 7 heteroatoms. The highest BCUT2D eigenvalue weighted by atomic mass is 16.4. The van der Waals surface area contributed by atoms with Gasteiger partial charge < -0.3 is 21.5 Å². The number of rotatable bonds is 11. The van der Waals surface area contributed by atoms with Crippen LogP contribution in [0.15, 0.2) is 91.0 Å². The Morgan fingerprint density at radius 3 is 1.44 bits per heavy atom. The number of hydrogen-bond donors (Lipinski definition) is 4. The van der Waals surface area contributed by atoms with Gasteiger partial charge in [-0.05, 0) is 23.1 Å². The Morgan fingerprint density at radius 1 is 0.618 bits per heavy atom. The molecule has 2 amide bonds. The molecule has 0 bridgehead atoms. The van der Waals surface area contributed by atoms with Gasteiger partial charge >= 0.3 is 5.97 Å². The number of amides is 2. The molecule has 0 fully saturated rings. The first-order chi connectivity index (χ1) is 16.4. The first-order valence-electron chi connectivity index (χ1n) is 11.1. The van der Waals surface area contributed by atoms with Crippen LogP contribution in [-0.4, -0.2) is 41.0 Å². The lowest BCUT2D eigenvalue weighted by atomic mass is 10.0. The Labute approximate surface area is 199 Å². The zero-order valence-corrected chi connectivity index (χ0v) is 18.8. The van der Waals surface area contributed by atoms with Gasteiger partial charge in [0.05, 0.1) is 6.04 Å². The summed E-state index contributed by atoms with van der Waals surface area (Å²) < 4.78 is 0. The van der Waals surface area contributed by atoms with E-state index in [1.165, 1.54) is 0 Å². The molecule has 176 valence electrons. The molecule has 0 saturated carbocycles. The minimum Gasteiger partial charge on any atom is -0.480 e. The second kappa shape index (κ2) is 12.3. The summed E-state index contributed by atoms with van der Waals surface area (Å²) in [5.41, 5.74) is 8.62. The minimum absolute atomic E-state index is 0.126. The molecule has 34 heavy (non-hydrogen) atoms. The van der Waals surface area contributed by atoms with E-state index < -0.39 is 35.9 Å². The van der Waals surface area contributed by atoms with Crippen LogP contribution in [0.3, 0.4) is 0 Å². The smallest absolute Gasteiger partial charge is 0.326 e. The van der Waals surface area contributed by atoms with Crippen molar-refractivity contribution in [2.45, 2.75) is 37.4 Å². The van der Waals surface area contributed by atoms with Crippen LogP contribution in [0.1, 0.15) is 16.7 Å². The van der Waals surface area contributed by atoms with Crippen LogP contribution in [0.4, 0.5) is 0 Å². The van der Waals surface area contributed by atoms with Crippen molar-refractivity contribution in [3.05, 3.63) is 108 Å². The maximum Gasteiger partial charge on any atom is 0.326 e. The van der Waals surface area contributed by atoms with Crippen LogP contribution in [0.25, 0.3) is 0 Å². The van der Waals surface area contributed by atoms with E-state index in [2.05, 4.69) is 10.6 Å². The number of nitrogens with two attached hydrogens (primary N) is 1. The number of carboxylic acids is 1. The molecule has 3 aromatic carbocycles. The largest absolute Gasteiger partial charge is 0.480 e. The summed E-state index contributed by atoms with van der Waals surface area (Å²) in [6.45, 7) is 0. The molecule has 0 saturated heterocycles. The van der Waals surface area contributed by atoms with Gasteiger partial charge in [0.1, 0.15) is 12.1 Å². The summed E-state index contributed by atoms with van der Waals surface area (Å²) in [6.07, 6.45) is 0.647. The molecule has 3 rings (SSSR count). The molecule has 0 aliphatic heterocycles. The van der Waals surface area contributed by atoms with E-state index in [1.54, 1.807) is 12.1 Å². The molecule has 3 atom stereocenters. The first kappa shape index (κ1) is 24.7. The number of benzene rings is 3. The molecule has 0 aliphatic carbocycles. The number of carbonyl (C=O) groups is 3. The predicted octanol–water partition coefficient (Wildman–Crippen LogP) is 2.10. The van der Waals surface area contributed by atoms with Crippen molar-refractivity contribution in [1.29, 1.82) is 0 Å². The average molecular weight is 460 g/mol. The summed E-state index contributed by atoms with van der Waals surface area (Å²) in [5, 5.41) is 15.0. The van der Waals surface area contributed by atoms with Gasteiger partial charge in [0.25, 0.3) is 0 Å². The summed E-state index contributed by atoms with van der Waals surface area (Å²) in [6, 6.07) is 24.7. The maximum absolute atomic E-state index is 13.1. The molecule has 3 aromatic rings. The fourth-order valence-electron chi connectivity index (χ4n) is 3.62. The van der Waals surface area contributed by atoms with Crippen LogP contribution < -0.4 is 16.4 Å². The number of carboxylic acid groups (broad SMARTS) is 1. The molecular weight excluding hydrogens is 430 g/mol. The van der Waals surface area contributed by atoms with Crippen molar-refractivity contribution in [1.82, 2.24) is 10.6 Å². The Balaban J connectivity index is 1.72. The van der Waals surface area contributed by atoms with E-state index in [0.717, 1.165) is 16.7 Å². The van der Waals surface area contributed by atoms with Gasteiger partial charge in [-0.3, -0.25) is 9.59 Å². The number of aliphatic carboxylic acids is 1. The van der Waals surface area contributed by atoms with Gasteiger partial charge in [-0.25, -0.2) is 4.79 Å². The molecule has 7 nitrogen and oxygen atoms in total. The van der Waals surface area contributed by atoms with E-state index in [1.807, 2.05) is 78.9 Å². The van der Waals surface area contributed by atoms with Gasteiger partial charge in [-0.1, -0.05) is 91.0 Å². The minimum atomic E-state index is -1.15. The first-order valence-corrected chi connectivity index (χ1v) is 11.1. The standard InChI is InChI=1S/C27H29N3O4/c28-22(16-19-10-4-1-5-11-19)25(31)29-23(17-20-12-6-2-7-13-20)26(32)30-24(27(33)34)18-21-14-8-3-9-15-21/h1-15,22-24H,16-18,28H2,(H,29,31)(H,30,32)(H,33,34)/t22-,23+,24-/m0/s1. The lowest BCUT2D eigenvalue weighted by Crippen LogP contribution is -2.55. The zero-order chi connectivity index (χ0) is 24.3. The third kappa shape index (κ3) is 7.56. The molecule has 0 aliphatic rings. The predicted molar refractivity (Wildman–Crippen MR) is 130 cm³/mol. The molecule has 0 spiro atoms. The lowest BCUT2D eigenvalue weighted by molar-refractivity contribution is -0.142. The summed E-state index contributed by atoms with van der Waals surface area (Å²) in [5.74, 6) is -2.20. The van der Waals surface area contributed by atoms with E-state index >= 15 is 0 Å². The van der Waals surface area contributed by atoms with Crippen molar-refractivity contribution in [3.8, 4) is 0 Å². The third-order valence-corrected chi connectivity index (χ3v) is 5.45. The SMILES string of the molecule is N[C@@H](Cc1ccccc1)C(=O)N[C@H](Cc1ccccc1)C(=O)N[C@@H](Cc1ccccc1)C(=O)O. The Bertz CT molecular complexity index is 1070. The van der Waals surface area contributed by atoms with Crippen molar-refractivity contribution in [2.75, 3.05) is 0 Å². The van der Waals surface area contributed by atoms with Crippen LogP contribution in [0, 0.1) is 0 Å². The summed E-state index contributed by atoms with van der Waals surface area (Å²) >= 11 is 0. The maximum atomic E-state index is 13.1. The van der Waals surface area contributed by atoms with Gasteiger partial charge in [-0.2, -0.15) is 0 Å². The molecule has 0 unspecified atom stereocenters. The van der Waals surface area contributed by atoms with Crippen LogP contribution in [0.5, 0.6) is 0 Å². The van der Waals surface area contributed by atoms with Crippen molar-refractivity contribution in [2.24, 2.45) is 5.73 Å². The van der Waals surface area contributed by atoms with Gasteiger partial charge in [0.2, 0.25) is 11.8 Å². The average Bonchev–Trinajstić information content (AvgIpc) is 2.85. The fraction of sp³-hybridized carbons (Fsp3) is 0.222. The summed E-state index contributed by atoms with van der Waals surface area (Å²) in [4.78, 5) is 37.8. The number of hydrogen-bond acceptors (Lipinski definition) is 4. The normalized spacial score (nSPS) is 13.3. The molecule has 0 heterocycles. The van der Waals surface area contributed by atoms with Crippen LogP contribution in [-0.2, 0) is 33.6 Å². The summed E-state index contributed by atoms with van der Waals surface area (Å²) in [7, 11) is 0.